The highest BCUT2D eigenvalue weighted by molar-refractivity contribution is 5.76. The van der Waals surface area contributed by atoms with Crippen LogP contribution in [0.1, 0.15) is 12.8 Å². The third-order valence-electron chi connectivity index (χ3n) is 4.33. The van der Waals surface area contributed by atoms with Gasteiger partial charge in [-0.2, -0.15) is 5.10 Å². The van der Waals surface area contributed by atoms with Gasteiger partial charge in [-0.1, -0.05) is 0 Å². The van der Waals surface area contributed by atoms with Crippen molar-refractivity contribution in [3.63, 3.8) is 0 Å². The Kier molecular flexibility index (Phi) is 4.88. The van der Waals surface area contributed by atoms with Crippen molar-refractivity contribution in [1.29, 1.82) is 0 Å². The number of likely N-dealkylation sites (N-methyl/N-ethyl adjacent to an activating group) is 1. The molecule has 24 heavy (non-hydrogen) atoms. The molecule has 1 amide bonds. The van der Waals surface area contributed by atoms with Crippen molar-refractivity contribution in [3.05, 3.63) is 25.0 Å². The first-order valence-electron chi connectivity index (χ1n) is 7.86. The highest BCUT2D eigenvalue weighted by Crippen LogP contribution is 2.22. The highest BCUT2D eigenvalue weighted by atomic mass is 16.5. The van der Waals surface area contributed by atoms with Crippen LogP contribution in [-0.2, 0) is 11.3 Å². The van der Waals surface area contributed by atoms with Crippen LogP contribution in [0.3, 0.4) is 0 Å². The van der Waals surface area contributed by atoms with Crippen LogP contribution in [0.4, 0.5) is 5.82 Å². The number of methoxy groups -OCH3 is 1. The Morgan fingerprint density at radius 2 is 2.12 bits per heavy atom. The molecule has 0 radical (unpaired) electrons. The molecule has 3 rings (SSSR count). The molecule has 9 heteroatoms. The molecule has 9 nitrogen and oxygen atoms in total. The molecule has 2 aromatic rings. The average Bonchev–Trinajstić information content (AvgIpc) is 3.14. The number of nitrogens with zero attached hydrogens (tertiary/aromatic N) is 7. The van der Waals surface area contributed by atoms with Gasteiger partial charge in [0, 0.05) is 32.2 Å². The SMILES string of the molecule is COc1cc(N2CCC(N(C)C(=O)Cn3cncn3)CC2)ncn1. The molecule has 0 saturated carbocycles. The largest absolute Gasteiger partial charge is 0.481 e. The van der Waals surface area contributed by atoms with Gasteiger partial charge in [0.05, 0.1) is 7.11 Å². The van der Waals surface area contributed by atoms with E-state index in [2.05, 4.69) is 25.0 Å². The summed E-state index contributed by atoms with van der Waals surface area (Å²) in [7, 11) is 3.45. The van der Waals surface area contributed by atoms with Gasteiger partial charge in [-0.3, -0.25) is 4.79 Å². The van der Waals surface area contributed by atoms with Gasteiger partial charge in [0.25, 0.3) is 0 Å². The van der Waals surface area contributed by atoms with Crippen LogP contribution in [-0.4, -0.2) is 68.8 Å². The van der Waals surface area contributed by atoms with Crippen molar-refractivity contribution in [2.45, 2.75) is 25.4 Å². The van der Waals surface area contributed by atoms with Gasteiger partial charge in [-0.05, 0) is 12.8 Å². The number of carbonyl (C=O) groups is 1. The molecule has 0 aliphatic carbocycles. The van der Waals surface area contributed by atoms with E-state index >= 15 is 0 Å². The molecule has 2 aromatic heterocycles. The standard InChI is InChI=1S/C15H21N7O2/c1-20(15(23)8-22-11-16-9-19-22)12-3-5-21(6-4-12)13-7-14(24-2)18-10-17-13/h7,9-12H,3-6,8H2,1-2H3. The monoisotopic (exact) mass is 331 g/mol. The molecular weight excluding hydrogens is 310 g/mol. The fourth-order valence-electron chi connectivity index (χ4n) is 2.86. The lowest BCUT2D eigenvalue weighted by molar-refractivity contribution is -0.133. The molecule has 1 aliphatic rings. The fraction of sp³-hybridized carbons (Fsp3) is 0.533. The molecule has 0 unspecified atom stereocenters. The number of aromatic nitrogens is 5. The maximum absolute atomic E-state index is 12.3. The fourth-order valence-corrected chi connectivity index (χ4v) is 2.86. The Balaban J connectivity index is 1.55. The Morgan fingerprint density at radius 1 is 1.33 bits per heavy atom. The van der Waals surface area contributed by atoms with E-state index in [0.29, 0.717) is 5.88 Å². The zero-order valence-electron chi connectivity index (χ0n) is 13.9. The zero-order valence-corrected chi connectivity index (χ0v) is 13.9. The predicted molar refractivity (Wildman–Crippen MR) is 86.6 cm³/mol. The van der Waals surface area contributed by atoms with Crippen LogP contribution < -0.4 is 9.64 Å². The summed E-state index contributed by atoms with van der Waals surface area (Å²) in [6.45, 7) is 1.90. The number of hydrogen-bond donors (Lipinski definition) is 0. The minimum atomic E-state index is 0.0441. The van der Waals surface area contributed by atoms with Crippen molar-refractivity contribution in [2.24, 2.45) is 0 Å². The molecule has 0 atom stereocenters. The molecule has 0 spiro atoms. The van der Waals surface area contributed by atoms with Gasteiger partial charge >= 0.3 is 0 Å². The summed E-state index contributed by atoms with van der Waals surface area (Å²) in [6.07, 6.45) is 6.28. The van der Waals surface area contributed by atoms with Crippen molar-refractivity contribution in [3.8, 4) is 5.88 Å². The quantitative estimate of drug-likeness (QED) is 0.773. The lowest BCUT2D eigenvalue weighted by Crippen LogP contribution is -2.46. The van der Waals surface area contributed by atoms with E-state index in [4.69, 9.17) is 4.74 Å². The molecular formula is C15H21N7O2. The Labute approximate surface area is 140 Å². The topological polar surface area (TPSA) is 89.3 Å². The number of rotatable bonds is 5. The second-order valence-corrected chi connectivity index (χ2v) is 5.73. The van der Waals surface area contributed by atoms with Gasteiger partial charge in [0.1, 0.15) is 31.3 Å². The number of hydrogen-bond acceptors (Lipinski definition) is 7. The highest BCUT2D eigenvalue weighted by Gasteiger charge is 2.26. The summed E-state index contributed by atoms with van der Waals surface area (Å²) in [6, 6.07) is 2.06. The van der Waals surface area contributed by atoms with E-state index in [1.54, 1.807) is 18.1 Å². The van der Waals surface area contributed by atoms with Crippen LogP contribution in [0, 0.1) is 0 Å². The summed E-state index contributed by atoms with van der Waals surface area (Å²) in [4.78, 5) is 28.5. The summed E-state index contributed by atoms with van der Waals surface area (Å²) >= 11 is 0. The van der Waals surface area contributed by atoms with Gasteiger partial charge in [0.2, 0.25) is 11.8 Å². The maximum Gasteiger partial charge on any atom is 0.244 e. The molecule has 0 bridgehead atoms. The first-order chi connectivity index (χ1) is 11.7. The number of amides is 1. The molecule has 0 N–H and O–H groups in total. The van der Waals surface area contributed by atoms with Gasteiger partial charge in [0.15, 0.2) is 0 Å². The number of piperidine rings is 1. The first-order valence-corrected chi connectivity index (χ1v) is 7.86. The normalized spacial score (nSPS) is 15.3. The second-order valence-electron chi connectivity index (χ2n) is 5.73. The molecule has 128 valence electrons. The minimum absolute atomic E-state index is 0.0441. The molecule has 1 fully saturated rings. The third-order valence-corrected chi connectivity index (χ3v) is 4.33. The average molecular weight is 331 g/mol. The van der Waals surface area contributed by atoms with Crippen LogP contribution in [0.5, 0.6) is 5.88 Å². The Hall–Kier alpha value is -2.71. The molecule has 3 heterocycles. The van der Waals surface area contributed by atoms with E-state index in [0.717, 1.165) is 31.7 Å². The van der Waals surface area contributed by atoms with Crippen molar-refractivity contribution >= 4 is 11.7 Å². The number of ether oxygens (including phenoxy) is 1. The second kappa shape index (κ2) is 7.24. The summed E-state index contributed by atoms with van der Waals surface area (Å²) in [5.74, 6) is 1.46. The summed E-state index contributed by atoms with van der Waals surface area (Å²) < 4.78 is 6.69. The Morgan fingerprint density at radius 3 is 2.79 bits per heavy atom. The van der Waals surface area contributed by atoms with Crippen LogP contribution in [0.2, 0.25) is 0 Å². The predicted octanol–water partition coefficient (Wildman–Crippen LogP) is 0.204. The Bertz CT molecular complexity index is 668. The summed E-state index contributed by atoms with van der Waals surface area (Å²) in [5, 5.41) is 3.98. The molecule has 0 aromatic carbocycles. The number of carbonyl (C=O) groups excluding carboxylic acids is 1. The van der Waals surface area contributed by atoms with Crippen LogP contribution >= 0.6 is 0 Å². The van der Waals surface area contributed by atoms with Gasteiger partial charge in [-0.25, -0.2) is 19.6 Å². The lowest BCUT2D eigenvalue weighted by Gasteiger charge is -2.37. The summed E-state index contributed by atoms with van der Waals surface area (Å²) in [5.41, 5.74) is 0. The number of anilines is 1. The lowest BCUT2D eigenvalue weighted by atomic mass is 10.0. The van der Waals surface area contributed by atoms with E-state index in [1.807, 2.05) is 18.0 Å². The first kappa shape index (κ1) is 16.2. The van der Waals surface area contributed by atoms with E-state index in [9.17, 15) is 4.79 Å². The molecule has 1 saturated heterocycles. The van der Waals surface area contributed by atoms with E-state index in [1.165, 1.54) is 12.7 Å². The van der Waals surface area contributed by atoms with Crippen LogP contribution in [0.15, 0.2) is 25.0 Å². The minimum Gasteiger partial charge on any atom is -0.481 e. The van der Waals surface area contributed by atoms with Gasteiger partial charge < -0.3 is 14.5 Å². The maximum atomic E-state index is 12.3. The van der Waals surface area contributed by atoms with Crippen LogP contribution in [0.25, 0.3) is 0 Å². The molecule has 1 aliphatic heterocycles. The van der Waals surface area contributed by atoms with E-state index < -0.39 is 0 Å². The smallest absolute Gasteiger partial charge is 0.244 e. The van der Waals surface area contributed by atoms with E-state index in [-0.39, 0.29) is 18.5 Å². The zero-order chi connectivity index (χ0) is 16.9. The van der Waals surface area contributed by atoms with Crippen molar-refractivity contribution < 1.29 is 9.53 Å². The van der Waals surface area contributed by atoms with Crippen molar-refractivity contribution in [1.82, 2.24) is 29.6 Å². The third kappa shape index (κ3) is 3.61. The van der Waals surface area contributed by atoms with Crippen molar-refractivity contribution in [2.75, 3.05) is 32.1 Å². The van der Waals surface area contributed by atoms with Gasteiger partial charge in [-0.15, -0.1) is 0 Å².